The molecule has 0 radical (unpaired) electrons. The molecular formula is C11H21N3. The summed E-state index contributed by atoms with van der Waals surface area (Å²) in [5.41, 5.74) is 0. The Bertz CT molecular complexity index is 242. The van der Waals surface area contributed by atoms with E-state index in [2.05, 4.69) is 34.9 Å². The van der Waals surface area contributed by atoms with Gasteiger partial charge < -0.3 is 9.88 Å². The summed E-state index contributed by atoms with van der Waals surface area (Å²) in [7, 11) is 0. The molecule has 0 saturated carbocycles. The first kappa shape index (κ1) is 11.2. The topological polar surface area (TPSA) is 29.9 Å². The Morgan fingerprint density at radius 1 is 1.43 bits per heavy atom. The summed E-state index contributed by atoms with van der Waals surface area (Å²) in [4.78, 5) is 4.35. The van der Waals surface area contributed by atoms with E-state index in [9.17, 15) is 0 Å². The van der Waals surface area contributed by atoms with Gasteiger partial charge in [0.05, 0.1) is 0 Å². The van der Waals surface area contributed by atoms with Gasteiger partial charge in [-0.3, -0.25) is 0 Å². The number of imidazole rings is 1. The summed E-state index contributed by atoms with van der Waals surface area (Å²) < 4.78 is 2.26. The predicted octanol–water partition coefficient (Wildman–Crippen LogP) is 1.84. The second kappa shape index (κ2) is 6.60. The van der Waals surface area contributed by atoms with Crippen molar-refractivity contribution in [3.63, 3.8) is 0 Å². The maximum absolute atomic E-state index is 4.35. The molecule has 0 aliphatic carbocycles. The van der Waals surface area contributed by atoms with Gasteiger partial charge in [0.25, 0.3) is 0 Å². The lowest BCUT2D eigenvalue weighted by Crippen LogP contribution is -2.16. The van der Waals surface area contributed by atoms with Crippen LogP contribution in [0.15, 0.2) is 12.4 Å². The third kappa shape index (κ3) is 3.50. The van der Waals surface area contributed by atoms with Crippen LogP contribution in [0.5, 0.6) is 0 Å². The van der Waals surface area contributed by atoms with Crippen LogP contribution in [-0.4, -0.2) is 22.6 Å². The van der Waals surface area contributed by atoms with Gasteiger partial charge in [-0.25, -0.2) is 4.98 Å². The molecule has 1 N–H and O–H groups in total. The van der Waals surface area contributed by atoms with E-state index in [1.54, 1.807) is 0 Å². The predicted molar refractivity (Wildman–Crippen MR) is 59.4 cm³/mol. The quantitative estimate of drug-likeness (QED) is 0.673. The summed E-state index contributed by atoms with van der Waals surface area (Å²) in [5, 5.41) is 3.33. The monoisotopic (exact) mass is 195 g/mol. The fourth-order valence-electron chi connectivity index (χ4n) is 1.55. The van der Waals surface area contributed by atoms with E-state index in [0.29, 0.717) is 0 Å². The van der Waals surface area contributed by atoms with Gasteiger partial charge in [0.2, 0.25) is 0 Å². The number of hydrogen-bond donors (Lipinski definition) is 1. The average Bonchev–Trinajstić information content (AvgIpc) is 2.61. The van der Waals surface area contributed by atoms with Crippen LogP contribution < -0.4 is 5.32 Å². The molecular weight excluding hydrogens is 174 g/mol. The van der Waals surface area contributed by atoms with E-state index >= 15 is 0 Å². The molecule has 0 aliphatic heterocycles. The van der Waals surface area contributed by atoms with Crippen molar-refractivity contribution >= 4 is 0 Å². The van der Waals surface area contributed by atoms with E-state index in [-0.39, 0.29) is 0 Å². The molecule has 0 atom stereocenters. The smallest absolute Gasteiger partial charge is 0.108 e. The lowest BCUT2D eigenvalue weighted by atomic mass is 10.3. The van der Waals surface area contributed by atoms with E-state index in [1.165, 1.54) is 18.7 Å². The molecule has 1 aromatic heterocycles. The minimum atomic E-state index is 1.06. The van der Waals surface area contributed by atoms with Crippen molar-refractivity contribution in [1.29, 1.82) is 0 Å². The van der Waals surface area contributed by atoms with Gasteiger partial charge in [-0.15, -0.1) is 0 Å². The highest BCUT2D eigenvalue weighted by molar-refractivity contribution is 4.92. The van der Waals surface area contributed by atoms with Crippen LogP contribution >= 0.6 is 0 Å². The lowest BCUT2D eigenvalue weighted by molar-refractivity contribution is 0.571. The Morgan fingerprint density at radius 3 is 3.00 bits per heavy atom. The molecule has 0 spiro atoms. The van der Waals surface area contributed by atoms with Gasteiger partial charge in [-0.2, -0.15) is 0 Å². The molecule has 0 fully saturated rings. The molecule has 0 aliphatic rings. The highest BCUT2D eigenvalue weighted by Crippen LogP contribution is 2.01. The molecule has 3 nitrogen and oxygen atoms in total. The first-order valence-electron chi connectivity index (χ1n) is 5.59. The van der Waals surface area contributed by atoms with Crippen LogP contribution in [0.1, 0.15) is 32.5 Å². The zero-order chi connectivity index (χ0) is 10.2. The number of aryl methyl sites for hydroxylation is 2. The third-order valence-corrected chi connectivity index (χ3v) is 2.28. The molecule has 0 saturated heterocycles. The highest BCUT2D eigenvalue weighted by atomic mass is 15.1. The number of aromatic nitrogens is 2. The maximum atomic E-state index is 4.35. The van der Waals surface area contributed by atoms with Crippen LogP contribution in [-0.2, 0) is 13.0 Å². The summed E-state index contributed by atoms with van der Waals surface area (Å²) >= 11 is 0. The molecule has 14 heavy (non-hydrogen) atoms. The van der Waals surface area contributed by atoms with Crippen molar-refractivity contribution < 1.29 is 0 Å². The largest absolute Gasteiger partial charge is 0.335 e. The lowest BCUT2D eigenvalue weighted by Gasteiger charge is -2.06. The van der Waals surface area contributed by atoms with Crippen molar-refractivity contribution in [2.24, 2.45) is 0 Å². The zero-order valence-corrected chi connectivity index (χ0v) is 9.29. The first-order valence-corrected chi connectivity index (χ1v) is 5.59. The number of hydrogen-bond acceptors (Lipinski definition) is 2. The van der Waals surface area contributed by atoms with Gasteiger partial charge in [0, 0.05) is 25.4 Å². The highest BCUT2D eigenvalue weighted by Gasteiger charge is 1.99. The molecule has 1 aromatic rings. The van der Waals surface area contributed by atoms with E-state index in [1.807, 2.05) is 6.20 Å². The van der Waals surface area contributed by atoms with Crippen LogP contribution in [0.4, 0.5) is 0 Å². The Kier molecular flexibility index (Phi) is 5.30. The van der Waals surface area contributed by atoms with Crippen LogP contribution in [0, 0.1) is 0 Å². The van der Waals surface area contributed by atoms with E-state index < -0.39 is 0 Å². The zero-order valence-electron chi connectivity index (χ0n) is 9.29. The summed E-state index contributed by atoms with van der Waals surface area (Å²) in [6.07, 6.45) is 7.43. The van der Waals surface area contributed by atoms with Crippen LogP contribution in [0.25, 0.3) is 0 Å². The van der Waals surface area contributed by atoms with Crippen LogP contribution in [0.2, 0.25) is 0 Å². The van der Waals surface area contributed by atoms with Crippen molar-refractivity contribution in [2.45, 2.75) is 39.7 Å². The Morgan fingerprint density at radius 2 is 2.29 bits per heavy atom. The number of nitrogens with zero attached hydrogens (tertiary/aromatic N) is 2. The van der Waals surface area contributed by atoms with Crippen molar-refractivity contribution in [1.82, 2.24) is 14.9 Å². The fourth-order valence-corrected chi connectivity index (χ4v) is 1.55. The molecule has 0 unspecified atom stereocenters. The Balaban J connectivity index is 2.30. The van der Waals surface area contributed by atoms with Gasteiger partial charge in [-0.1, -0.05) is 13.8 Å². The second-order valence-electron chi connectivity index (χ2n) is 3.49. The van der Waals surface area contributed by atoms with Gasteiger partial charge in [0.15, 0.2) is 0 Å². The van der Waals surface area contributed by atoms with Crippen LogP contribution in [0.3, 0.4) is 0 Å². The normalized spacial score (nSPS) is 10.7. The third-order valence-electron chi connectivity index (χ3n) is 2.28. The molecule has 0 aromatic carbocycles. The minimum Gasteiger partial charge on any atom is -0.335 e. The van der Waals surface area contributed by atoms with Gasteiger partial charge in [-0.05, 0) is 25.9 Å². The van der Waals surface area contributed by atoms with Crippen molar-refractivity contribution in [3.8, 4) is 0 Å². The molecule has 1 rings (SSSR count). The molecule has 1 heterocycles. The first-order chi connectivity index (χ1) is 6.88. The summed E-state index contributed by atoms with van der Waals surface area (Å²) in [6, 6.07) is 0. The van der Waals surface area contributed by atoms with E-state index in [0.717, 1.165) is 26.1 Å². The standard InChI is InChI=1S/C11H21N3/c1-3-6-11-13-8-10-14(11)9-5-7-12-4-2/h8,10,12H,3-7,9H2,1-2H3. The second-order valence-corrected chi connectivity index (χ2v) is 3.49. The Hall–Kier alpha value is -0.830. The SMILES string of the molecule is CCCc1nccn1CCCNCC. The molecule has 80 valence electrons. The average molecular weight is 195 g/mol. The summed E-state index contributed by atoms with van der Waals surface area (Å²) in [6.45, 7) is 7.58. The fraction of sp³-hybridized carbons (Fsp3) is 0.727. The molecule has 3 heteroatoms. The van der Waals surface area contributed by atoms with Gasteiger partial charge >= 0.3 is 0 Å². The van der Waals surface area contributed by atoms with Crippen molar-refractivity contribution in [2.75, 3.05) is 13.1 Å². The Labute approximate surface area is 86.5 Å². The van der Waals surface area contributed by atoms with Crippen molar-refractivity contribution in [3.05, 3.63) is 18.2 Å². The molecule has 0 amide bonds. The van der Waals surface area contributed by atoms with E-state index in [4.69, 9.17) is 0 Å². The number of rotatable bonds is 7. The maximum Gasteiger partial charge on any atom is 0.108 e. The minimum absolute atomic E-state index is 1.06. The summed E-state index contributed by atoms with van der Waals surface area (Å²) in [5.74, 6) is 1.23. The van der Waals surface area contributed by atoms with Gasteiger partial charge in [0.1, 0.15) is 5.82 Å². The number of nitrogens with one attached hydrogen (secondary N) is 1. The molecule has 0 bridgehead atoms.